The summed E-state index contributed by atoms with van der Waals surface area (Å²) < 4.78 is 34.1. The molecule has 9 heteroatoms. The molecule has 0 radical (unpaired) electrons. The van der Waals surface area contributed by atoms with Crippen LogP contribution >= 0.6 is 34.5 Å². The maximum atomic E-state index is 10.8. The number of thiophene rings is 1. The highest BCUT2D eigenvalue weighted by atomic mass is 35.5. The molecule has 0 unspecified atom stereocenters. The fraction of sp³-hybridized carbons (Fsp3) is 0. The SMILES string of the molecule is Nc1snc2sc(S(=O)(=O)O)c(Cl)c12. The molecule has 0 aromatic carbocycles. The fourth-order valence-corrected chi connectivity index (χ4v) is 4.23. The first kappa shape index (κ1) is 10.1. The number of fused-ring (bicyclic) bond motifs is 1. The first-order chi connectivity index (χ1) is 6.41. The Kier molecular flexibility index (Phi) is 2.20. The minimum absolute atomic E-state index is 0.0567. The number of hydrogen-bond donors (Lipinski definition) is 2. The number of halogens is 1. The van der Waals surface area contributed by atoms with Crippen LogP contribution in [-0.4, -0.2) is 17.3 Å². The number of hydrogen-bond acceptors (Lipinski definition) is 6. The zero-order chi connectivity index (χ0) is 10.5. The van der Waals surface area contributed by atoms with E-state index < -0.39 is 10.1 Å². The maximum Gasteiger partial charge on any atom is 0.305 e. The summed E-state index contributed by atoms with van der Waals surface area (Å²) in [7, 11) is -4.29. The van der Waals surface area contributed by atoms with Gasteiger partial charge in [0.2, 0.25) is 0 Å². The molecule has 0 saturated heterocycles. The molecule has 2 heterocycles. The Balaban J connectivity index is 2.89. The monoisotopic (exact) mass is 270 g/mol. The van der Waals surface area contributed by atoms with Gasteiger partial charge in [0.25, 0.3) is 0 Å². The second-order valence-corrected chi connectivity index (χ2v) is 6.20. The van der Waals surface area contributed by atoms with Crippen molar-refractivity contribution in [2.45, 2.75) is 4.21 Å². The standard InChI is InChI=1S/C5H3ClN2O3S3/c6-2-1-3(7)13-8-4(1)12-5(2)14(9,10)11/h7H2,(H,9,10,11). The summed E-state index contributed by atoms with van der Waals surface area (Å²) in [6.45, 7) is 0. The van der Waals surface area contributed by atoms with Crippen molar-refractivity contribution >= 4 is 59.8 Å². The lowest BCUT2D eigenvalue weighted by Crippen LogP contribution is -1.94. The third-order valence-corrected chi connectivity index (χ3v) is 5.33. The highest BCUT2D eigenvalue weighted by Gasteiger charge is 2.23. The van der Waals surface area contributed by atoms with E-state index in [4.69, 9.17) is 21.9 Å². The van der Waals surface area contributed by atoms with Crippen molar-refractivity contribution in [3.63, 3.8) is 0 Å². The number of nitrogen functional groups attached to an aromatic ring is 1. The van der Waals surface area contributed by atoms with E-state index in [1.807, 2.05) is 0 Å². The average Bonchev–Trinajstić information content (AvgIpc) is 2.53. The predicted octanol–water partition coefficient (Wildman–Crippen LogP) is 1.84. The Hall–Kier alpha value is -0.410. The summed E-state index contributed by atoms with van der Waals surface area (Å²) in [4.78, 5) is 0.421. The Morgan fingerprint density at radius 2 is 2.14 bits per heavy atom. The molecular formula is C5H3ClN2O3S3. The maximum absolute atomic E-state index is 10.8. The molecule has 5 nitrogen and oxygen atoms in total. The van der Waals surface area contributed by atoms with Crippen LogP contribution in [0.2, 0.25) is 5.02 Å². The van der Waals surface area contributed by atoms with Crippen molar-refractivity contribution in [3.05, 3.63) is 5.02 Å². The zero-order valence-corrected chi connectivity index (χ0v) is 9.60. The predicted molar refractivity (Wildman–Crippen MR) is 56.7 cm³/mol. The minimum atomic E-state index is -4.29. The molecule has 2 aromatic rings. The Bertz CT molecular complexity index is 599. The molecule has 0 spiro atoms. The first-order valence-corrected chi connectivity index (χ1v) is 6.62. The van der Waals surface area contributed by atoms with Crippen LogP contribution in [-0.2, 0) is 10.1 Å². The van der Waals surface area contributed by atoms with E-state index >= 15 is 0 Å². The van der Waals surface area contributed by atoms with Gasteiger partial charge in [-0.15, -0.1) is 0 Å². The van der Waals surface area contributed by atoms with E-state index in [-0.39, 0.29) is 9.23 Å². The molecule has 2 aromatic heterocycles. The lowest BCUT2D eigenvalue weighted by atomic mass is 10.4. The number of anilines is 1. The van der Waals surface area contributed by atoms with Gasteiger partial charge in [0.1, 0.15) is 9.83 Å². The number of nitrogens with two attached hydrogens (primary N) is 1. The van der Waals surface area contributed by atoms with Crippen LogP contribution in [0, 0.1) is 0 Å². The Labute approximate surface area is 92.0 Å². The van der Waals surface area contributed by atoms with Crippen LogP contribution in [0.15, 0.2) is 4.21 Å². The van der Waals surface area contributed by atoms with Crippen LogP contribution in [0.3, 0.4) is 0 Å². The number of nitrogens with zero attached hydrogens (tertiary/aromatic N) is 1. The van der Waals surface area contributed by atoms with Gasteiger partial charge >= 0.3 is 10.1 Å². The molecule has 0 aliphatic carbocycles. The molecule has 2 rings (SSSR count). The van der Waals surface area contributed by atoms with Crippen molar-refractivity contribution in [2.75, 3.05) is 5.73 Å². The van der Waals surface area contributed by atoms with Gasteiger partial charge in [-0.1, -0.05) is 22.9 Å². The van der Waals surface area contributed by atoms with Gasteiger partial charge in [0.15, 0.2) is 4.21 Å². The lowest BCUT2D eigenvalue weighted by Gasteiger charge is -1.91. The summed E-state index contributed by atoms with van der Waals surface area (Å²) in [5, 5.41) is 0.684. The van der Waals surface area contributed by atoms with Gasteiger partial charge in [-0.2, -0.15) is 12.8 Å². The summed E-state index contributed by atoms with van der Waals surface area (Å²) >= 11 is 7.58. The van der Waals surface area contributed by atoms with E-state index in [0.29, 0.717) is 15.2 Å². The van der Waals surface area contributed by atoms with Crippen molar-refractivity contribution < 1.29 is 13.0 Å². The van der Waals surface area contributed by atoms with Crippen LogP contribution in [0.1, 0.15) is 0 Å². The van der Waals surface area contributed by atoms with Crippen LogP contribution in [0.25, 0.3) is 10.2 Å². The van der Waals surface area contributed by atoms with Crippen molar-refractivity contribution in [2.24, 2.45) is 0 Å². The quantitative estimate of drug-likeness (QED) is 0.771. The molecule has 3 N–H and O–H groups in total. The second-order valence-electron chi connectivity index (χ2n) is 2.41. The smallest absolute Gasteiger partial charge is 0.305 e. The summed E-state index contributed by atoms with van der Waals surface area (Å²) in [6.07, 6.45) is 0. The van der Waals surface area contributed by atoms with Crippen LogP contribution < -0.4 is 5.73 Å². The summed E-state index contributed by atoms with van der Waals surface area (Å²) in [6, 6.07) is 0. The van der Waals surface area contributed by atoms with Crippen molar-refractivity contribution in [1.82, 2.24) is 4.37 Å². The van der Waals surface area contributed by atoms with Gasteiger partial charge in [-0.25, -0.2) is 0 Å². The lowest BCUT2D eigenvalue weighted by molar-refractivity contribution is 0.485. The largest absolute Gasteiger partial charge is 0.389 e. The van der Waals surface area contributed by atoms with Crippen LogP contribution in [0.5, 0.6) is 0 Å². The molecule has 14 heavy (non-hydrogen) atoms. The van der Waals surface area contributed by atoms with Crippen LogP contribution in [0.4, 0.5) is 5.00 Å². The first-order valence-electron chi connectivity index (χ1n) is 3.22. The topological polar surface area (TPSA) is 93.3 Å². The minimum Gasteiger partial charge on any atom is -0.389 e. The molecule has 76 valence electrons. The average molecular weight is 271 g/mol. The van der Waals surface area contributed by atoms with Gasteiger partial charge in [0.05, 0.1) is 10.4 Å². The van der Waals surface area contributed by atoms with Crippen molar-refractivity contribution in [3.8, 4) is 0 Å². The fourth-order valence-electron chi connectivity index (χ4n) is 0.960. The Morgan fingerprint density at radius 3 is 2.64 bits per heavy atom. The van der Waals surface area contributed by atoms with E-state index in [1.54, 1.807) is 0 Å². The summed E-state index contributed by atoms with van der Waals surface area (Å²) in [5.74, 6) is 0. The molecule has 0 aliphatic rings. The zero-order valence-electron chi connectivity index (χ0n) is 6.39. The van der Waals surface area contributed by atoms with Gasteiger partial charge in [0, 0.05) is 0 Å². The molecule has 0 amide bonds. The van der Waals surface area contributed by atoms with Gasteiger partial charge in [-0.3, -0.25) is 4.55 Å². The van der Waals surface area contributed by atoms with E-state index in [0.717, 1.165) is 22.9 Å². The number of aromatic nitrogens is 1. The molecular weight excluding hydrogens is 268 g/mol. The molecule has 0 aliphatic heterocycles. The van der Waals surface area contributed by atoms with Gasteiger partial charge < -0.3 is 5.73 Å². The normalized spacial score (nSPS) is 12.4. The summed E-state index contributed by atoms with van der Waals surface area (Å²) in [5.41, 5.74) is 5.54. The van der Waals surface area contributed by atoms with E-state index in [2.05, 4.69) is 4.37 Å². The van der Waals surface area contributed by atoms with E-state index in [1.165, 1.54) is 0 Å². The van der Waals surface area contributed by atoms with Gasteiger partial charge in [-0.05, 0) is 11.5 Å². The third-order valence-electron chi connectivity index (χ3n) is 1.51. The molecule has 0 fully saturated rings. The third kappa shape index (κ3) is 1.39. The van der Waals surface area contributed by atoms with Crippen molar-refractivity contribution in [1.29, 1.82) is 0 Å². The highest BCUT2D eigenvalue weighted by Crippen LogP contribution is 2.42. The second kappa shape index (κ2) is 3.04. The highest BCUT2D eigenvalue weighted by molar-refractivity contribution is 7.88. The molecule has 0 atom stereocenters. The molecule has 0 bridgehead atoms. The Morgan fingerprint density at radius 1 is 1.50 bits per heavy atom. The van der Waals surface area contributed by atoms with E-state index in [9.17, 15) is 8.42 Å². The number of rotatable bonds is 1. The molecule has 0 saturated carbocycles.